The van der Waals surface area contributed by atoms with Gasteiger partial charge < -0.3 is 14.2 Å². The summed E-state index contributed by atoms with van der Waals surface area (Å²) in [6.07, 6.45) is 2.27. The summed E-state index contributed by atoms with van der Waals surface area (Å²) in [4.78, 5) is 11.5. The molecule has 1 heterocycles. The Kier molecular flexibility index (Phi) is 4.60. The number of rotatable bonds is 4. The van der Waals surface area contributed by atoms with Gasteiger partial charge in [-0.05, 0) is 31.0 Å². The summed E-state index contributed by atoms with van der Waals surface area (Å²) in [5.41, 5.74) is 0.467. The van der Waals surface area contributed by atoms with Crippen LogP contribution in [0.5, 0.6) is 5.75 Å². The Morgan fingerprint density at radius 3 is 3.00 bits per heavy atom. The molecular formula is C13H15BrO4. The summed E-state index contributed by atoms with van der Waals surface area (Å²) in [7, 11) is 1.36. The van der Waals surface area contributed by atoms with Gasteiger partial charge in [0.05, 0.1) is 18.8 Å². The molecule has 1 saturated heterocycles. The molecule has 1 fully saturated rings. The van der Waals surface area contributed by atoms with E-state index in [0.717, 1.165) is 23.9 Å². The van der Waals surface area contributed by atoms with Crippen LogP contribution in [0.15, 0.2) is 22.7 Å². The zero-order valence-electron chi connectivity index (χ0n) is 10.1. The SMILES string of the molecule is COC(=O)c1cc(Br)cc(OC[C@H]2CCCO2)c1. The van der Waals surface area contributed by atoms with Gasteiger partial charge in [-0.2, -0.15) is 0 Å². The van der Waals surface area contributed by atoms with Crippen molar-refractivity contribution in [2.24, 2.45) is 0 Å². The van der Waals surface area contributed by atoms with Gasteiger partial charge in [0.15, 0.2) is 0 Å². The maximum Gasteiger partial charge on any atom is 0.338 e. The van der Waals surface area contributed by atoms with E-state index in [1.165, 1.54) is 7.11 Å². The zero-order chi connectivity index (χ0) is 13.0. The smallest absolute Gasteiger partial charge is 0.338 e. The molecule has 1 aliphatic rings. The summed E-state index contributed by atoms with van der Waals surface area (Å²) in [5, 5.41) is 0. The molecule has 5 heteroatoms. The van der Waals surface area contributed by atoms with Gasteiger partial charge in [0.2, 0.25) is 0 Å². The van der Waals surface area contributed by atoms with Crippen molar-refractivity contribution in [1.29, 1.82) is 0 Å². The highest BCUT2D eigenvalue weighted by Gasteiger charge is 2.16. The lowest BCUT2D eigenvalue weighted by Crippen LogP contribution is -2.16. The monoisotopic (exact) mass is 314 g/mol. The number of benzene rings is 1. The Morgan fingerprint density at radius 1 is 1.50 bits per heavy atom. The standard InChI is InChI=1S/C13H15BrO4/c1-16-13(15)9-5-10(14)7-12(6-9)18-8-11-3-2-4-17-11/h5-7,11H,2-4,8H2,1H3/t11-/m1/s1. The fourth-order valence-electron chi connectivity index (χ4n) is 1.85. The molecule has 0 unspecified atom stereocenters. The summed E-state index contributed by atoms with van der Waals surface area (Å²) in [5.74, 6) is 0.263. The van der Waals surface area contributed by atoms with E-state index < -0.39 is 0 Å². The Balaban J connectivity index is 2.02. The van der Waals surface area contributed by atoms with E-state index in [9.17, 15) is 4.79 Å². The third-order valence-corrected chi connectivity index (χ3v) is 3.21. The normalized spacial score (nSPS) is 18.7. The zero-order valence-corrected chi connectivity index (χ0v) is 11.7. The fraction of sp³-hybridized carbons (Fsp3) is 0.462. The molecule has 0 radical (unpaired) electrons. The predicted octanol–water partition coefficient (Wildman–Crippen LogP) is 2.79. The minimum absolute atomic E-state index is 0.158. The van der Waals surface area contributed by atoms with Crippen LogP contribution < -0.4 is 4.74 Å². The number of halogens is 1. The Morgan fingerprint density at radius 2 is 2.33 bits per heavy atom. The lowest BCUT2D eigenvalue weighted by Gasteiger charge is -2.12. The number of carbonyl (C=O) groups excluding carboxylic acids is 1. The number of methoxy groups -OCH3 is 1. The molecule has 1 aromatic carbocycles. The van der Waals surface area contributed by atoms with Crippen molar-refractivity contribution in [1.82, 2.24) is 0 Å². The third-order valence-electron chi connectivity index (χ3n) is 2.75. The first kappa shape index (κ1) is 13.4. The lowest BCUT2D eigenvalue weighted by molar-refractivity contribution is 0.0598. The van der Waals surface area contributed by atoms with Crippen molar-refractivity contribution in [2.45, 2.75) is 18.9 Å². The molecule has 1 aromatic rings. The molecule has 0 amide bonds. The minimum Gasteiger partial charge on any atom is -0.491 e. The average Bonchev–Trinajstić information content (AvgIpc) is 2.88. The van der Waals surface area contributed by atoms with E-state index in [1.807, 2.05) is 6.07 Å². The number of esters is 1. The molecule has 0 aliphatic carbocycles. The summed E-state index contributed by atoms with van der Waals surface area (Å²) in [6.45, 7) is 1.32. The largest absolute Gasteiger partial charge is 0.491 e. The molecule has 0 bridgehead atoms. The van der Waals surface area contributed by atoms with Crippen molar-refractivity contribution in [3.63, 3.8) is 0 Å². The molecule has 0 aromatic heterocycles. The van der Waals surface area contributed by atoms with Crippen LogP contribution in [0.1, 0.15) is 23.2 Å². The summed E-state index contributed by atoms with van der Waals surface area (Å²) in [6, 6.07) is 5.19. The Hall–Kier alpha value is -1.07. The molecule has 18 heavy (non-hydrogen) atoms. The second-order valence-electron chi connectivity index (χ2n) is 4.11. The van der Waals surface area contributed by atoms with Gasteiger partial charge in [-0.25, -0.2) is 4.79 Å². The fourth-order valence-corrected chi connectivity index (χ4v) is 2.32. The topological polar surface area (TPSA) is 44.8 Å². The van der Waals surface area contributed by atoms with Crippen molar-refractivity contribution in [3.05, 3.63) is 28.2 Å². The van der Waals surface area contributed by atoms with E-state index in [1.54, 1.807) is 12.1 Å². The molecule has 2 rings (SSSR count). The quantitative estimate of drug-likeness (QED) is 0.802. The first-order valence-electron chi connectivity index (χ1n) is 5.82. The Labute approximate surface area is 114 Å². The van der Waals surface area contributed by atoms with Gasteiger partial charge >= 0.3 is 5.97 Å². The molecule has 1 aliphatic heterocycles. The summed E-state index contributed by atoms with van der Waals surface area (Å²) < 4.78 is 16.6. The van der Waals surface area contributed by atoms with E-state index >= 15 is 0 Å². The van der Waals surface area contributed by atoms with Crippen LogP contribution in [0.25, 0.3) is 0 Å². The van der Waals surface area contributed by atoms with Gasteiger partial charge in [0.25, 0.3) is 0 Å². The first-order valence-corrected chi connectivity index (χ1v) is 6.61. The van der Waals surface area contributed by atoms with Crippen LogP contribution >= 0.6 is 15.9 Å². The second-order valence-corrected chi connectivity index (χ2v) is 5.03. The molecule has 0 saturated carbocycles. The average molecular weight is 315 g/mol. The van der Waals surface area contributed by atoms with Crippen molar-refractivity contribution in [2.75, 3.05) is 20.3 Å². The van der Waals surface area contributed by atoms with Crippen LogP contribution in [0.3, 0.4) is 0 Å². The summed E-state index contributed by atoms with van der Waals surface area (Å²) >= 11 is 3.34. The first-order chi connectivity index (χ1) is 8.69. The minimum atomic E-state index is -0.377. The van der Waals surface area contributed by atoms with E-state index in [-0.39, 0.29) is 12.1 Å². The molecule has 0 spiro atoms. The molecule has 98 valence electrons. The molecule has 0 N–H and O–H groups in total. The molecule has 4 nitrogen and oxygen atoms in total. The highest BCUT2D eigenvalue weighted by molar-refractivity contribution is 9.10. The van der Waals surface area contributed by atoms with Gasteiger partial charge in [0.1, 0.15) is 12.4 Å². The van der Waals surface area contributed by atoms with Gasteiger partial charge in [0, 0.05) is 11.1 Å². The van der Waals surface area contributed by atoms with Crippen LogP contribution in [0.4, 0.5) is 0 Å². The lowest BCUT2D eigenvalue weighted by atomic mass is 10.2. The van der Waals surface area contributed by atoms with E-state index in [0.29, 0.717) is 17.9 Å². The van der Waals surface area contributed by atoms with Crippen LogP contribution in [0.2, 0.25) is 0 Å². The van der Waals surface area contributed by atoms with Crippen molar-refractivity contribution in [3.8, 4) is 5.75 Å². The van der Waals surface area contributed by atoms with Gasteiger partial charge in [-0.1, -0.05) is 15.9 Å². The highest BCUT2D eigenvalue weighted by atomic mass is 79.9. The number of hydrogen-bond acceptors (Lipinski definition) is 4. The molecule has 1 atom stereocenters. The highest BCUT2D eigenvalue weighted by Crippen LogP contribution is 2.23. The van der Waals surface area contributed by atoms with Crippen molar-refractivity contribution >= 4 is 21.9 Å². The second kappa shape index (κ2) is 6.20. The maximum absolute atomic E-state index is 11.5. The van der Waals surface area contributed by atoms with Crippen LogP contribution in [0, 0.1) is 0 Å². The van der Waals surface area contributed by atoms with Crippen molar-refractivity contribution < 1.29 is 19.0 Å². The predicted molar refractivity (Wildman–Crippen MR) is 70.0 cm³/mol. The molecular weight excluding hydrogens is 300 g/mol. The van der Waals surface area contributed by atoms with Gasteiger partial charge in [-0.15, -0.1) is 0 Å². The number of ether oxygens (including phenoxy) is 3. The van der Waals surface area contributed by atoms with E-state index in [4.69, 9.17) is 9.47 Å². The van der Waals surface area contributed by atoms with Gasteiger partial charge in [-0.3, -0.25) is 0 Å². The van der Waals surface area contributed by atoms with E-state index in [2.05, 4.69) is 20.7 Å². The number of hydrogen-bond donors (Lipinski definition) is 0. The third kappa shape index (κ3) is 3.46. The maximum atomic E-state index is 11.5. The Bertz CT molecular complexity index is 427. The van der Waals surface area contributed by atoms with Crippen LogP contribution in [-0.2, 0) is 9.47 Å². The van der Waals surface area contributed by atoms with Crippen LogP contribution in [-0.4, -0.2) is 32.4 Å². The number of carbonyl (C=O) groups is 1.